The van der Waals surface area contributed by atoms with Crippen LogP contribution in [0.15, 0.2) is 40.9 Å². The molecular weight excluding hydrogens is 366 g/mol. The average Bonchev–Trinajstić information content (AvgIpc) is 2.58. The van der Waals surface area contributed by atoms with Gasteiger partial charge in [-0.05, 0) is 30.9 Å². The molecule has 7 N–H and O–H groups in total. The standard InChI is InChI=1S/C20H21NO7/c1-20(28)8-3-2-4-10(22)13(8)18(26)14-9(20)5-7-6-11(23)15(19(21)27)17(25)12(7)16(14)24/h2-4,7,9,12,18,22,24-26,28H,5-6H2,1H3,(H2,21,27)/t7-,9-,12?,18?,20+/m0/s1. The van der Waals surface area contributed by atoms with Gasteiger partial charge in [0.25, 0.3) is 5.91 Å². The number of benzene rings is 1. The third-order valence-electron chi connectivity index (χ3n) is 6.37. The second-order valence-electron chi connectivity index (χ2n) is 7.91. The van der Waals surface area contributed by atoms with E-state index in [-0.39, 0.29) is 29.7 Å². The number of Topliss-reactive ketones (excluding diaryl/α,β-unsaturated/α-hetero) is 1. The molecule has 3 aliphatic carbocycles. The van der Waals surface area contributed by atoms with Gasteiger partial charge in [-0.25, -0.2) is 0 Å². The second kappa shape index (κ2) is 5.83. The second-order valence-corrected chi connectivity index (χ2v) is 7.91. The number of phenolic OH excluding ortho intramolecular Hbond substituents is 1. The van der Waals surface area contributed by atoms with Gasteiger partial charge in [-0.2, -0.15) is 0 Å². The number of carbonyl (C=O) groups excluding carboxylic acids is 2. The zero-order valence-corrected chi connectivity index (χ0v) is 15.1. The van der Waals surface area contributed by atoms with Gasteiger partial charge in [0.15, 0.2) is 5.78 Å². The van der Waals surface area contributed by atoms with E-state index in [1.165, 1.54) is 13.0 Å². The summed E-state index contributed by atoms with van der Waals surface area (Å²) in [6.45, 7) is 1.52. The van der Waals surface area contributed by atoms with Crippen LogP contribution in [0.4, 0.5) is 0 Å². The van der Waals surface area contributed by atoms with Gasteiger partial charge in [0.05, 0.1) is 11.5 Å². The van der Waals surface area contributed by atoms with Crippen LogP contribution in [-0.4, -0.2) is 37.2 Å². The summed E-state index contributed by atoms with van der Waals surface area (Å²) < 4.78 is 0. The van der Waals surface area contributed by atoms with Crippen molar-refractivity contribution in [3.8, 4) is 5.75 Å². The molecular formula is C20H21NO7. The Labute approximate surface area is 160 Å². The molecule has 1 amide bonds. The Balaban J connectivity index is 1.96. The Morgan fingerprint density at radius 2 is 1.89 bits per heavy atom. The molecule has 2 unspecified atom stereocenters. The van der Waals surface area contributed by atoms with Gasteiger partial charge in [-0.15, -0.1) is 0 Å². The Morgan fingerprint density at radius 3 is 2.54 bits per heavy atom. The van der Waals surface area contributed by atoms with Gasteiger partial charge in [-0.3, -0.25) is 9.59 Å². The van der Waals surface area contributed by atoms with Crippen molar-refractivity contribution in [1.29, 1.82) is 0 Å². The van der Waals surface area contributed by atoms with Crippen molar-refractivity contribution in [2.24, 2.45) is 23.5 Å². The molecule has 3 aliphatic rings. The fourth-order valence-electron chi connectivity index (χ4n) is 5.09. The van der Waals surface area contributed by atoms with E-state index in [2.05, 4.69) is 0 Å². The Bertz CT molecular complexity index is 975. The molecule has 0 saturated carbocycles. The van der Waals surface area contributed by atoms with E-state index >= 15 is 0 Å². The van der Waals surface area contributed by atoms with Gasteiger partial charge in [0, 0.05) is 23.5 Å². The van der Waals surface area contributed by atoms with Gasteiger partial charge in [-0.1, -0.05) is 12.1 Å². The van der Waals surface area contributed by atoms with Gasteiger partial charge in [0.1, 0.15) is 28.9 Å². The van der Waals surface area contributed by atoms with E-state index in [0.717, 1.165) is 0 Å². The summed E-state index contributed by atoms with van der Waals surface area (Å²) in [5.41, 5.74) is 3.59. The molecule has 28 heavy (non-hydrogen) atoms. The minimum atomic E-state index is -1.53. The predicted molar refractivity (Wildman–Crippen MR) is 95.9 cm³/mol. The maximum absolute atomic E-state index is 12.3. The first-order valence-corrected chi connectivity index (χ1v) is 8.99. The van der Waals surface area contributed by atoms with E-state index in [9.17, 15) is 35.1 Å². The highest BCUT2D eigenvalue weighted by Crippen LogP contribution is 2.58. The van der Waals surface area contributed by atoms with Crippen LogP contribution in [0.5, 0.6) is 5.75 Å². The number of primary amides is 1. The summed E-state index contributed by atoms with van der Waals surface area (Å²) in [5.74, 6) is -5.35. The number of ketones is 1. The number of hydrogen-bond donors (Lipinski definition) is 6. The molecule has 0 fully saturated rings. The molecule has 0 saturated heterocycles. The Morgan fingerprint density at radius 1 is 1.21 bits per heavy atom. The summed E-state index contributed by atoms with van der Waals surface area (Å²) in [5, 5.41) is 53.8. The molecule has 0 bridgehead atoms. The lowest BCUT2D eigenvalue weighted by Crippen LogP contribution is -2.47. The zero-order valence-electron chi connectivity index (χ0n) is 15.1. The fraction of sp³-hybridized carbons (Fsp3) is 0.400. The molecule has 0 radical (unpaired) electrons. The van der Waals surface area contributed by atoms with Crippen molar-refractivity contribution >= 4 is 11.7 Å². The number of phenols is 1. The number of amides is 1. The third kappa shape index (κ3) is 2.25. The van der Waals surface area contributed by atoms with Crippen molar-refractivity contribution in [2.75, 3.05) is 0 Å². The molecule has 0 aromatic heterocycles. The summed E-state index contributed by atoms with van der Waals surface area (Å²) in [6, 6.07) is 4.50. The molecule has 0 heterocycles. The van der Waals surface area contributed by atoms with Crippen molar-refractivity contribution in [2.45, 2.75) is 31.5 Å². The molecule has 0 spiro atoms. The van der Waals surface area contributed by atoms with Crippen molar-refractivity contribution in [1.82, 2.24) is 0 Å². The van der Waals surface area contributed by atoms with E-state index in [1.807, 2.05) is 0 Å². The number of nitrogens with two attached hydrogens (primary N) is 1. The summed E-state index contributed by atoms with van der Waals surface area (Å²) >= 11 is 0. The first-order valence-electron chi connectivity index (χ1n) is 8.99. The first-order chi connectivity index (χ1) is 13.1. The number of fused-ring (bicyclic) bond motifs is 3. The predicted octanol–water partition coefficient (Wildman–Crippen LogP) is 0.981. The van der Waals surface area contributed by atoms with E-state index in [4.69, 9.17) is 5.73 Å². The van der Waals surface area contributed by atoms with E-state index < -0.39 is 58.2 Å². The molecule has 0 aliphatic heterocycles. The lowest BCUT2D eigenvalue weighted by Gasteiger charge is -2.49. The number of aromatic hydroxyl groups is 1. The van der Waals surface area contributed by atoms with Crippen LogP contribution >= 0.6 is 0 Å². The molecule has 8 nitrogen and oxygen atoms in total. The van der Waals surface area contributed by atoms with Crippen molar-refractivity contribution in [3.63, 3.8) is 0 Å². The number of carbonyl (C=O) groups is 2. The van der Waals surface area contributed by atoms with Crippen LogP contribution in [0.2, 0.25) is 0 Å². The van der Waals surface area contributed by atoms with Crippen LogP contribution < -0.4 is 5.73 Å². The smallest absolute Gasteiger partial charge is 0.255 e. The van der Waals surface area contributed by atoms with Gasteiger partial charge >= 0.3 is 0 Å². The van der Waals surface area contributed by atoms with Crippen LogP contribution in [0.25, 0.3) is 0 Å². The van der Waals surface area contributed by atoms with Crippen molar-refractivity contribution in [3.05, 3.63) is 52.0 Å². The summed E-state index contributed by atoms with van der Waals surface area (Å²) in [7, 11) is 0. The van der Waals surface area contributed by atoms with Gasteiger partial charge < -0.3 is 31.3 Å². The zero-order chi connectivity index (χ0) is 20.5. The first kappa shape index (κ1) is 18.5. The third-order valence-corrected chi connectivity index (χ3v) is 6.37. The highest BCUT2D eigenvalue weighted by atomic mass is 16.3. The molecule has 5 atom stereocenters. The summed E-state index contributed by atoms with van der Waals surface area (Å²) in [6.07, 6.45) is -1.35. The normalized spacial score (nSPS) is 34.6. The quantitative estimate of drug-likeness (QED) is 0.391. The number of hydrogen-bond acceptors (Lipinski definition) is 7. The SMILES string of the molecule is C[C@@]1(O)c2cccc(O)c2C(O)C2=C(O)C3C(O)=C(C(N)=O)C(=O)C[C@@H]3C[C@@H]21. The topological polar surface area (TPSA) is 161 Å². The van der Waals surface area contributed by atoms with Crippen LogP contribution in [-0.2, 0) is 15.2 Å². The Hall–Kier alpha value is -2.84. The largest absolute Gasteiger partial charge is 0.511 e. The molecule has 1 aromatic carbocycles. The number of aliphatic hydroxyl groups excluding tert-OH is 3. The molecule has 1 aromatic rings. The molecule has 8 heteroatoms. The van der Waals surface area contributed by atoms with E-state index in [0.29, 0.717) is 5.56 Å². The highest BCUT2D eigenvalue weighted by molar-refractivity contribution is 6.19. The maximum Gasteiger partial charge on any atom is 0.255 e. The van der Waals surface area contributed by atoms with Gasteiger partial charge in [0.2, 0.25) is 0 Å². The van der Waals surface area contributed by atoms with E-state index in [1.54, 1.807) is 12.1 Å². The van der Waals surface area contributed by atoms with Crippen LogP contribution in [0.3, 0.4) is 0 Å². The monoisotopic (exact) mass is 387 g/mol. The maximum atomic E-state index is 12.3. The lowest BCUT2D eigenvalue weighted by molar-refractivity contribution is -0.123. The number of aliphatic hydroxyl groups is 4. The van der Waals surface area contributed by atoms with Crippen LogP contribution in [0.1, 0.15) is 37.0 Å². The Kier molecular flexibility index (Phi) is 3.85. The molecule has 148 valence electrons. The van der Waals surface area contributed by atoms with Crippen molar-refractivity contribution < 1.29 is 35.1 Å². The minimum absolute atomic E-state index is 0.0602. The summed E-state index contributed by atoms with van der Waals surface area (Å²) in [4.78, 5) is 23.9. The minimum Gasteiger partial charge on any atom is -0.511 e. The average molecular weight is 387 g/mol. The highest BCUT2D eigenvalue weighted by Gasteiger charge is 2.55. The van der Waals surface area contributed by atoms with Crippen LogP contribution in [0, 0.1) is 17.8 Å². The molecule has 4 rings (SSSR count). The number of rotatable bonds is 1. The lowest BCUT2D eigenvalue weighted by atomic mass is 9.58. The fourth-order valence-corrected chi connectivity index (χ4v) is 5.09.